The summed E-state index contributed by atoms with van der Waals surface area (Å²) in [5.41, 5.74) is -2.47. The van der Waals surface area contributed by atoms with Crippen molar-refractivity contribution in [3.05, 3.63) is 99.2 Å². The van der Waals surface area contributed by atoms with Crippen molar-refractivity contribution in [2.24, 2.45) is 51.2 Å². The summed E-state index contributed by atoms with van der Waals surface area (Å²) in [4.78, 5) is 41.3. The first-order valence-electron chi connectivity index (χ1n) is 19.5. The molecule has 0 bridgehead atoms. The molecule has 1 aromatic carbocycles. The van der Waals surface area contributed by atoms with Crippen LogP contribution in [0.4, 0.5) is 0 Å². The molecule has 7 heteroatoms. The molecular formula is C46H52O7. The summed E-state index contributed by atoms with van der Waals surface area (Å²) in [6, 6.07) is 9.96. The molecule has 3 fully saturated rings. The maximum atomic E-state index is 15.3. The molecule has 9 rings (SSSR count). The van der Waals surface area contributed by atoms with E-state index in [2.05, 4.69) is 33.8 Å². The number of benzene rings is 1. The second-order valence-corrected chi connectivity index (χ2v) is 19.2. The Balaban J connectivity index is 1.36. The van der Waals surface area contributed by atoms with Gasteiger partial charge in [0.25, 0.3) is 0 Å². The van der Waals surface area contributed by atoms with E-state index in [0.29, 0.717) is 42.4 Å². The zero-order valence-electron chi connectivity index (χ0n) is 31.9. The number of rotatable bonds is 4. The van der Waals surface area contributed by atoms with Gasteiger partial charge in [-0.25, -0.2) is 4.79 Å². The van der Waals surface area contributed by atoms with Crippen LogP contribution in [0.2, 0.25) is 0 Å². The smallest absolute Gasteiger partial charge is 0.331 e. The zero-order chi connectivity index (χ0) is 38.1. The lowest BCUT2D eigenvalue weighted by molar-refractivity contribution is -0.164. The van der Waals surface area contributed by atoms with Crippen molar-refractivity contribution in [3.63, 3.8) is 0 Å². The summed E-state index contributed by atoms with van der Waals surface area (Å²) in [6.07, 6.45) is 11.7. The first kappa shape index (κ1) is 35.1. The largest absolute Gasteiger partial charge is 0.478 e. The standard InChI is InChI=1S/C46H52O7/c1-24-20-44(51,21-25(2)39(49)50)29-16-14-27-19-28-22-45(52)30(15-13-26-11-9-8-10-12-26)37-40(3,4)32(48)17-18-41(37,5)35-31(47)23-42(6)34(24)36(33(27)29)46(28,53)43(42,7)38(35)45/h8-13,15-16,21-22,24,30,34,36-37,51-53H,14,17-20,23H2,1-7H3,(H,49,50)/t24-,30-,34-,36+,37-,41+,42-,43-,44-,45+,46-/m0/s1. The van der Waals surface area contributed by atoms with Crippen LogP contribution in [0, 0.1) is 51.2 Å². The van der Waals surface area contributed by atoms with E-state index in [1.54, 1.807) is 0 Å². The molecule has 0 saturated heterocycles. The maximum absolute atomic E-state index is 15.3. The topological polar surface area (TPSA) is 132 Å². The Morgan fingerprint density at radius 3 is 2.38 bits per heavy atom. The molecule has 11 atom stereocenters. The van der Waals surface area contributed by atoms with Crippen LogP contribution in [0.5, 0.6) is 0 Å². The Labute approximate surface area is 312 Å². The van der Waals surface area contributed by atoms with E-state index in [0.717, 1.165) is 22.3 Å². The third kappa shape index (κ3) is 3.85. The molecule has 0 unspecified atom stereocenters. The number of hydrogen-bond acceptors (Lipinski definition) is 6. The van der Waals surface area contributed by atoms with Gasteiger partial charge in [0, 0.05) is 52.1 Å². The van der Waals surface area contributed by atoms with E-state index < -0.39 is 56.3 Å². The van der Waals surface area contributed by atoms with Gasteiger partial charge in [-0.1, -0.05) is 95.7 Å². The lowest BCUT2D eigenvalue weighted by Crippen LogP contribution is -2.71. The first-order valence-corrected chi connectivity index (χ1v) is 19.5. The summed E-state index contributed by atoms with van der Waals surface area (Å²) < 4.78 is 0. The summed E-state index contributed by atoms with van der Waals surface area (Å²) in [7, 11) is 0. The van der Waals surface area contributed by atoms with Crippen LogP contribution in [0.15, 0.2) is 93.6 Å². The van der Waals surface area contributed by atoms with Crippen molar-refractivity contribution in [3.8, 4) is 0 Å². The molecule has 7 nitrogen and oxygen atoms in total. The highest BCUT2D eigenvalue weighted by atomic mass is 16.4. The van der Waals surface area contributed by atoms with Gasteiger partial charge in [0.1, 0.15) is 22.6 Å². The molecule has 8 aliphatic carbocycles. The minimum absolute atomic E-state index is 0.0228. The number of fused-ring (bicyclic) bond motifs is 3. The van der Waals surface area contributed by atoms with Gasteiger partial charge in [-0.15, -0.1) is 0 Å². The third-order valence-corrected chi connectivity index (χ3v) is 16.5. The molecule has 0 aromatic heterocycles. The Morgan fingerprint density at radius 1 is 1.00 bits per heavy atom. The van der Waals surface area contributed by atoms with Crippen LogP contribution < -0.4 is 0 Å². The highest BCUT2D eigenvalue weighted by molar-refractivity contribution is 6.02. The molecule has 0 aliphatic heterocycles. The quantitative estimate of drug-likeness (QED) is 0.193. The Bertz CT molecular complexity index is 2130. The summed E-state index contributed by atoms with van der Waals surface area (Å²) in [5, 5.41) is 50.2. The number of allylic oxidation sites excluding steroid dienone is 3. The van der Waals surface area contributed by atoms with E-state index in [9.17, 15) is 30.0 Å². The van der Waals surface area contributed by atoms with Crippen molar-refractivity contribution < 1.29 is 34.8 Å². The lowest BCUT2D eigenvalue weighted by Gasteiger charge is -2.69. The van der Waals surface area contributed by atoms with Crippen molar-refractivity contribution in [1.29, 1.82) is 0 Å². The SMILES string of the molecule is CC(=C[C@@]1(O)C[C@H](C)[C@H]2[C@H]3C4=C(CC=C41)CC1=C[C@]4(O)C5=C(C(=O)C[C@]2(C)[C@@]5(C)[C@]13O)[C@@]1(C)CCC(=O)C(C)(C)[C@@H]1[C@@H]4C=Cc1ccccc1)C(=O)O. The molecule has 8 aliphatic rings. The maximum Gasteiger partial charge on any atom is 0.331 e. The van der Waals surface area contributed by atoms with E-state index in [-0.39, 0.29) is 47.7 Å². The van der Waals surface area contributed by atoms with Gasteiger partial charge >= 0.3 is 5.97 Å². The fourth-order valence-corrected chi connectivity index (χ4v) is 14.6. The fourth-order valence-electron chi connectivity index (χ4n) is 14.6. The van der Waals surface area contributed by atoms with Crippen LogP contribution in [0.25, 0.3) is 6.08 Å². The Morgan fingerprint density at radius 2 is 1.70 bits per heavy atom. The van der Waals surface area contributed by atoms with Crippen LogP contribution in [-0.4, -0.2) is 54.8 Å². The highest BCUT2D eigenvalue weighted by Gasteiger charge is 2.84. The van der Waals surface area contributed by atoms with Gasteiger partial charge in [0.2, 0.25) is 0 Å². The Kier molecular flexibility index (Phi) is 6.85. The number of carbonyl (C=O) groups excluding carboxylic acids is 2. The average Bonchev–Trinajstić information content (AvgIpc) is 3.53. The molecule has 1 aromatic rings. The number of aliphatic carboxylic acids is 1. The van der Waals surface area contributed by atoms with Gasteiger partial charge in [-0.3, -0.25) is 9.59 Å². The summed E-state index contributed by atoms with van der Waals surface area (Å²) in [6.45, 7) is 13.9. The van der Waals surface area contributed by atoms with Crippen molar-refractivity contribution >= 4 is 23.6 Å². The van der Waals surface area contributed by atoms with Crippen LogP contribution >= 0.6 is 0 Å². The number of carboxylic acids is 1. The second-order valence-electron chi connectivity index (χ2n) is 19.2. The number of Topliss-reactive ketones (excluding diaryl/α,β-unsaturated/α-hetero) is 2. The predicted molar refractivity (Wildman–Crippen MR) is 201 cm³/mol. The van der Waals surface area contributed by atoms with Crippen LogP contribution in [0.1, 0.15) is 92.6 Å². The number of aliphatic hydroxyl groups is 3. The fraction of sp³-hybridized carbons (Fsp3) is 0.543. The normalized spacial score (nSPS) is 46.2. The molecule has 3 saturated carbocycles. The molecule has 53 heavy (non-hydrogen) atoms. The number of ketones is 2. The highest BCUT2D eigenvalue weighted by Crippen LogP contribution is 2.83. The molecule has 0 amide bonds. The van der Waals surface area contributed by atoms with Gasteiger partial charge in [-0.05, 0) is 95.8 Å². The van der Waals surface area contributed by atoms with E-state index in [1.165, 1.54) is 13.0 Å². The van der Waals surface area contributed by atoms with E-state index in [1.807, 2.05) is 62.4 Å². The average molecular weight is 717 g/mol. The summed E-state index contributed by atoms with van der Waals surface area (Å²) in [5.74, 6) is -2.90. The van der Waals surface area contributed by atoms with Crippen molar-refractivity contribution in [2.45, 2.75) is 104 Å². The van der Waals surface area contributed by atoms with Crippen molar-refractivity contribution in [2.75, 3.05) is 0 Å². The second kappa shape index (κ2) is 10.3. The molecule has 0 spiro atoms. The van der Waals surface area contributed by atoms with Gasteiger partial charge in [-0.2, -0.15) is 0 Å². The van der Waals surface area contributed by atoms with Gasteiger partial charge < -0.3 is 20.4 Å². The van der Waals surface area contributed by atoms with Gasteiger partial charge in [0.15, 0.2) is 5.78 Å². The minimum atomic E-state index is -1.66. The minimum Gasteiger partial charge on any atom is -0.478 e. The van der Waals surface area contributed by atoms with E-state index in [4.69, 9.17) is 0 Å². The molecule has 4 N–H and O–H groups in total. The first-order chi connectivity index (χ1) is 24.7. The molecule has 0 radical (unpaired) electrons. The molecule has 0 heterocycles. The Hall–Kier alpha value is -3.65. The lowest BCUT2D eigenvalue weighted by atomic mass is 9.35. The molecular weight excluding hydrogens is 664 g/mol. The summed E-state index contributed by atoms with van der Waals surface area (Å²) >= 11 is 0. The van der Waals surface area contributed by atoms with Crippen LogP contribution in [0.3, 0.4) is 0 Å². The van der Waals surface area contributed by atoms with Gasteiger partial charge in [0.05, 0.1) is 0 Å². The number of carbonyl (C=O) groups is 3. The zero-order valence-corrected chi connectivity index (χ0v) is 31.9. The number of hydrogen-bond donors (Lipinski definition) is 4. The van der Waals surface area contributed by atoms with E-state index >= 15 is 4.79 Å². The monoisotopic (exact) mass is 716 g/mol. The third-order valence-electron chi connectivity index (χ3n) is 16.5. The van der Waals surface area contributed by atoms with Crippen molar-refractivity contribution in [1.82, 2.24) is 0 Å². The van der Waals surface area contributed by atoms with Crippen LogP contribution in [-0.2, 0) is 14.4 Å². The number of carboxylic acid groups (broad SMARTS) is 1. The predicted octanol–water partition coefficient (Wildman–Crippen LogP) is 7.10. The molecule has 278 valence electrons.